The smallest absolute Gasteiger partial charge is 0.223 e. The molecule has 0 radical (unpaired) electrons. The molecule has 2 amide bonds. The van der Waals surface area contributed by atoms with E-state index in [0.717, 1.165) is 91.4 Å². The van der Waals surface area contributed by atoms with E-state index in [-0.39, 0.29) is 24.8 Å². The maximum Gasteiger partial charge on any atom is 0.223 e. The molecule has 0 aromatic carbocycles. The van der Waals surface area contributed by atoms with Gasteiger partial charge in [0.2, 0.25) is 11.8 Å². The van der Waals surface area contributed by atoms with Crippen LogP contribution >= 0.6 is 24.8 Å². The van der Waals surface area contributed by atoms with E-state index in [0.29, 0.717) is 30.6 Å². The van der Waals surface area contributed by atoms with Gasteiger partial charge in [0.1, 0.15) is 0 Å². The topological polar surface area (TPSA) is 59.1 Å². The van der Waals surface area contributed by atoms with Crippen molar-refractivity contribution in [2.45, 2.75) is 32.6 Å². The predicted molar refractivity (Wildman–Crippen MR) is 121 cm³/mol. The Balaban J connectivity index is 0.00000210. The van der Waals surface area contributed by atoms with Crippen molar-refractivity contribution >= 4 is 36.6 Å². The van der Waals surface area contributed by atoms with Gasteiger partial charge in [0.15, 0.2) is 0 Å². The molecule has 0 aromatic rings. The van der Waals surface area contributed by atoms with E-state index in [1.807, 2.05) is 4.90 Å². The lowest BCUT2D eigenvalue weighted by Gasteiger charge is -2.36. The number of halogens is 2. The summed E-state index contributed by atoms with van der Waals surface area (Å²) in [5.74, 6) is 1.15. The Morgan fingerprint density at radius 2 is 1.38 bits per heavy atom. The van der Waals surface area contributed by atoms with Crippen LogP contribution in [0.1, 0.15) is 32.6 Å². The Bertz CT molecular complexity index is 489. The summed E-state index contributed by atoms with van der Waals surface area (Å²) >= 11 is 0. The number of hydrogen-bond acceptors (Lipinski definition) is 5. The molecule has 7 nitrogen and oxygen atoms in total. The number of piperazine rings is 2. The van der Waals surface area contributed by atoms with Crippen molar-refractivity contribution in [2.24, 2.45) is 5.92 Å². The SMILES string of the molecule is CCN1CCN(C(=O)CC2CCN(CCC(=O)N3CCNCC3)CC2)CC1.Cl.Cl. The zero-order valence-corrected chi connectivity index (χ0v) is 19.4. The van der Waals surface area contributed by atoms with Gasteiger partial charge in [0, 0.05) is 71.7 Å². The zero-order chi connectivity index (χ0) is 19.1. The van der Waals surface area contributed by atoms with Crippen LogP contribution in [0, 0.1) is 5.92 Å². The molecule has 9 heteroatoms. The molecule has 3 aliphatic heterocycles. The van der Waals surface area contributed by atoms with E-state index in [1.165, 1.54) is 0 Å². The van der Waals surface area contributed by atoms with E-state index in [4.69, 9.17) is 0 Å². The molecular weight excluding hydrogens is 413 g/mol. The monoisotopic (exact) mass is 451 g/mol. The summed E-state index contributed by atoms with van der Waals surface area (Å²) in [5, 5.41) is 3.29. The summed E-state index contributed by atoms with van der Waals surface area (Å²) in [5.41, 5.74) is 0. The highest BCUT2D eigenvalue weighted by atomic mass is 35.5. The number of carbonyl (C=O) groups is 2. The molecule has 0 spiro atoms. The molecule has 0 unspecified atom stereocenters. The molecule has 0 atom stereocenters. The minimum Gasteiger partial charge on any atom is -0.340 e. The van der Waals surface area contributed by atoms with Gasteiger partial charge in [-0.2, -0.15) is 0 Å². The summed E-state index contributed by atoms with van der Waals surface area (Å²) < 4.78 is 0. The second-order valence-electron chi connectivity index (χ2n) is 8.18. The normalized spacial score (nSPS) is 22.0. The predicted octanol–water partition coefficient (Wildman–Crippen LogP) is 0.918. The van der Waals surface area contributed by atoms with E-state index in [9.17, 15) is 9.59 Å². The number of nitrogens with one attached hydrogen (secondary N) is 1. The third-order valence-corrected chi connectivity index (χ3v) is 6.45. The van der Waals surface area contributed by atoms with Crippen molar-refractivity contribution < 1.29 is 9.59 Å². The lowest BCUT2D eigenvalue weighted by molar-refractivity contribution is -0.134. The average molecular weight is 452 g/mol. The maximum atomic E-state index is 12.6. The molecule has 3 fully saturated rings. The number of nitrogens with zero attached hydrogens (tertiary/aromatic N) is 4. The quantitative estimate of drug-likeness (QED) is 0.650. The van der Waals surface area contributed by atoms with Crippen molar-refractivity contribution in [3.63, 3.8) is 0 Å². The number of piperidine rings is 1. The molecular formula is C20H39Cl2N5O2. The van der Waals surface area contributed by atoms with Gasteiger partial charge in [-0.25, -0.2) is 0 Å². The highest BCUT2D eigenvalue weighted by Gasteiger charge is 2.26. The molecule has 0 saturated carbocycles. The lowest BCUT2D eigenvalue weighted by Crippen LogP contribution is -2.49. The number of likely N-dealkylation sites (tertiary alicyclic amines) is 1. The van der Waals surface area contributed by atoms with Gasteiger partial charge in [-0.15, -0.1) is 24.8 Å². The zero-order valence-electron chi connectivity index (χ0n) is 17.8. The maximum absolute atomic E-state index is 12.6. The van der Waals surface area contributed by atoms with Crippen molar-refractivity contribution in [1.29, 1.82) is 0 Å². The highest BCUT2D eigenvalue weighted by molar-refractivity contribution is 5.85. The van der Waals surface area contributed by atoms with Gasteiger partial charge in [-0.05, 0) is 38.4 Å². The van der Waals surface area contributed by atoms with Crippen LogP contribution in [0.15, 0.2) is 0 Å². The summed E-state index contributed by atoms with van der Waals surface area (Å²) in [6.07, 6.45) is 3.51. The Kier molecular flexibility index (Phi) is 12.4. The number of rotatable bonds is 6. The number of hydrogen-bond donors (Lipinski definition) is 1. The molecule has 3 saturated heterocycles. The highest BCUT2D eigenvalue weighted by Crippen LogP contribution is 2.22. The third kappa shape index (κ3) is 8.21. The molecule has 0 aromatic heterocycles. The van der Waals surface area contributed by atoms with Crippen molar-refractivity contribution in [3.05, 3.63) is 0 Å². The van der Waals surface area contributed by atoms with Gasteiger partial charge in [0.25, 0.3) is 0 Å². The molecule has 170 valence electrons. The van der Waals surface area contributed by atoms with Gasteiger partial charge >= 0.3 is 0 Å². The summed E-state index contributed by atoms with van der Waals surface area (Å²) in [6.45, 7) is 13.5. The number of likely N-dealkylation sites (N-methyl/N-ethyl adjacent to an activating group) is 1. The molecule has 3 aliphatic rings. The summed E-state index contributed by atoms with van der Waals surface area (Å²) in [6, 6.07) is 0. The first-order chi connectivity index (χ1) is 13.2. The van der Waals surface area contributed by atoms with E-state index in [1.54, 1.807) is 0 Å². The van der Waals surface area contributed by atoms with Crippen LogP contribution in [0.5, 0.6) is 0 Å². The molecule has 3 heterocycles. The van der Waals surface area contributed by atoms with Crippen LogP contribution in [-0.4, -0.2) is 110 Å². The fraction of sp³-hybridized carbons (Fsp3) is 0.900. The molecule has 0 bridgehead atoms. The van der Waals surface area contributed by atoms with Crippen LogP contribution < -0.4 is 5.32 Å². The van der Waals surface area contributed by atoms with Crippen LogP contribution in [0.4, 0.5) is 0 Å². The fourth-order valence-corrected chi connectivity index (χ4v) is 4.43. The fourth-order valence-electron chi connectivity index (χ4n) is 4.43. The van der Waals surface area contributed by atoms with E-state index in [2.05, 4.69) is 26.9 Å². The standard InChI is InChI=1S/C20H37N5O2.2ClH/c1-2-22-13-15-25(16-14-22)20(27)17-18-3-8-23(9-4-18)10-5-19(26)24-11-6-21-7-12-24;;/h18,21H,2-17H2,1H3;2*1H. The molecule has 3 rings (SSSR count). The third-order valence-electron chi connectivity index (χ3n) is 6.45. The number of amides is 2. The van der Waals surface area contributed by atoms with Crippen LogP contribution in [0.2, 0.25) is 0 Å². The largest absolute Gasteiger partial charge is 0.340 e. The van der Waals surface area contributed by atoms with Gasteiger partial charge in [-0.3, -0.25) is 9.59 Å². The van der Waals surface area contributed by atoms with Crippen LogP contribution in [-0.2, 0) is 9.59 Å². The van der Waals surface area contributed by atoms with Crippen molar-refractivity contribution in [2.75, 3.05) is 78.5 Å². The van der Waals surface area contributed by atoms with Gasteiger partial charge < -0.3 is 24.9 Å². The first kappa shape index (κ1) is 26.4. The Labute approximate surface area is 188 Å². The Hall–Kier alpha value is -0.600. The lowest BCUT2D eigenvalue weighted by atomic mass is 9.92. The second-order valence-corrected chi connectivity index (χ2v) is 8.18. The second kappa shape index (κ2) is 13.7. The summed E-state index contributed by atoms with van der Waals surface area (Å²) in [4.78, 5) is 33.7. The van der Waals surface area contributed by atoms with Gasteiger partial charge in [-0.1, -0.05) is 6.92 Å². The van der Waals surface area contributed by atoms with Crippen LogP contribution in [0.25, 0.3) is 0 Å². The first-order valence-corrected chi connectivity index (χ1v) is 10.9. The van der Waals surface area contributed by atoms with Gasteiger partial charge in [0.05, 0.1) is 0 Å². The van der Waals surface area contributed by atoms with Crippen molar-refractivity contribution in [3.8, 4) is 0 Å². The average Bonchev–Trinajstić information content (AvgIpc) is 2.73. The van der Waals surface area contributed by atoms with Crippen molar-refractivity contribution in [1.82, 2.24) is 24.9 Å². The minimum atomic E-state index is 0. The summed E-state index contributed by atoms with van der Waals surface area (Å²) in [7, 11) is 0. The Morgan fingerprint density at radius 1 is 0.793 bits per heavy atom. The van der Waals surface area contributed by atoms with Crippen LogP contribution in [0.3, 0.4) is 0 Å². The molecule has 0 aliphatic carbocycles. The molecule has 29 heavy (non-hydrogen) atoms. The Morgan fingerprint density at radius 3 is 1.97 bits per heavy atom. The number of carbonyl (C=O) groups excluding carboxylic acids is 2. The van der Waals surface area contributed by atoms with E-state index < -0.39 is 0 Å². The van der Waals surface area contributed by atoms with E-state index >= 15 is 0 Å². The molecule has 1 N–H and O–H groups in total. The first-order valence-electron chi connectivity index (χ1n) is 10.9. The minimum absolute atomic E-state index is 0.